The summed E-state index contributed by atoms with van der Waals surface area (Å²) in [5, 5.41) is 12.6. The Morgan fingerprint density at radius 2 is 1.96 bits per heavy atom. The summed E-state index contributed by atoms with van der Waals surface area (Å²) in [6.07, 6.45) is 2.28. The summed E-state index contributed by atoms with van der Waals surface area (Å²) in [6, 6.07) is 8.41. The summed E-state index contributed by atoms with van der Waals surface area (Å²) in [7, 11) is 0. The second-order valence-corrected chi connectivity index (χ2v) is 7.31. The van der Waals surface area contributed by atoms with Gasteiger partial charge in [0.2, 0.25) is 0 Å². The van der Waals surface area contributed by atoms with Crippen LogP contribution >= 0.6 is 0 Å². The highest BCUT2D eigenvalue weighted by molar-refractivity contribution is 5.86. The van der Waals surface area contributed by atoms with Gasteiger partial charge in [-0.3, -0.25) is 9.63 Å². The van der Waals surface area contributed by atoms with Gasteiger partial charge in [-0.15, -0.1) is 0 Å². The van der Waals surface area contributed by atoms with Gasteiger partial charge in [0.1, 0.15) is 0 Å². The molecule has 1 N–H and O–H groups in total. The van der Waals surface area contributed by atoms with E-state index >= 15 is 0 Å². The molecule has 3 rings (SSSR count). The van der Waals surface area contributed by atoms with Crippen molar-refractivity contribution in [3.63, 3.8) is 0 Å². The molecule has 0 aliphatic carbocycles. The van der Waals surface area contributed by atoms with Gasteiger partial charge in [-0.2, -0.15) is 5.06 Å². The van der Waals surface area contributed by atoms with Crippen LogP contribution in [-0.4, -0.2) is 52.8 Å². The van der Waals surface area contributed by atoms with Crippen molar-refractivity contribution in [3.05, 3.63) is 35.4 Å². The maximum atomic E-state index is 12.8. The molecule has 0 bridgehead atoms. The molecule has 2 fully saturated rings. The molecule has 5 heteroatoms. The average Bonchev–Trinajstić information content (AvgIpc) is 3.05. The summed E-state index contributed by atoms with van der Waals surface area (Å²) >= 11 is 0. The highest BCUT2D eigenvalue weighted by Gasteiger charge is 2.44. The molecule has 0 spiro atoms. The average molecular weight is 332 g/mol. The molecule has 5 nitrogen and oxygen atoms in total. The minimum atomic E-state index is -1.32. The highest BCUT2D eigenvalue weighted by Crippen LogP contribution is 2.26. The van der Waals surface area contributed by atoms with Gasteiger partial charge >= 0.3 is 0 Å². The topological polar surface area (TPSA) is 53.0 Å². The van der Waals surface area contributed by atoms with Crippen LogP contribution in [0.15, 0.2) is 24.3 Å². The van der Waals surface area contributed by atoms with Crippen LogP contribution in [0.4, 0.5) is 0 Å². The third kappa shape index (κ3) is 3.79. The van der Waals surface area contributed by atoms with E-state index in [0.29, 0.717) is 32.0 Å². The second-order valence-electron chi connectivity index (χ2n) is 7.31. The summed E-state index contributed by atoms with van der Waals surface area (Å²) in [5.41, 5.74) is 1.08. The van der Waals surface area contributed by atoms with Gasteiger partial charge in [0.15, 0.2) is 5.60 Å². The van der Waals surface area contributed by atoms with Gasteiger partial charge < -0.3 is 10.0 Å². The van der Waals surface area contributed by atoms with Crippen molar-refractivity contribution in [1.29, 1.82) is 0 Å². The van der Waals surface area contributed by atoms with Gasteiger partial charge in [-0.05, 0) is 36.3 Å². The lowest BCUT2D eigenvalue weighted by Gasteiger charge is -2.39. The smallest absolute Gasteiger partial charge is 0.256 e. The van der Waals surface area contributed by atoms with E-state index in [1.165, 1.54) is 5.56 Å². The van der Waals surface area contributed by atoms with Gasteiger partial charge in [-0.1, -0.05) is 38.1 Å². The number of hydroxylamine groups is 2. The van der Waals surface area contributed by atoms with Crippen LogP contribution in [0.2, 0.25) is 0 Å². The van der Waals surface area contributed by atoms with E-state index in [-0.39, 0.29) is 12.5 Å². The second kappa shape index (κ2) is 7.21. The number of amides is 1. The van der Waals surface area contributed by atoms with Gasteiger partial charge in [0, 0.05) is 19.6 Å². The number of carbonyl (C=O) groups is 1. The van der Waals surface area contributed by atoms with Crippen molar-refractivity contribution in [1.82, 2.24) is 9.96 Å². The minimum absolute atomic E-state index is 0.169. The molecule has 1 atom stereocenters. The molecule has 0 radical (unpaired) electrons. The number of likely N-dealkylation sites (tertiary alicyclic amines) is 1. The zero-order valence-corrected chi connectivity index (χ0v) is 14.7. The highest BCUT2D eigenvalue weighted by atomic mass is 16.7. The Kier molecular flexibility index (Phi) is 5.23. The van der Waals surface area contributed by atoms with Crippen molar-refractivity contribution in [3.8, 4) is 0 Å². The molecule has 2 saturated heterocycles. The molecule has 1 aromatic carbocycles. The Morgan fingerprint density at radius 1 is 1.21 bits per heavy atom. The molecule has 2 aliphatic rings. The quantitative estimate of drug-likeness (QED) is 0.899. The lowest BCUT2D eigenvalue weighted by atomic mass is 9.91. The van der Waals surface area contributed by atoms with Crippen molar-refractivity contribution in [2.75, 3.05) is 26.2 Å². The summed E-state index contributed by atoms with van der Waals surface area (Å²) in [6.45, 7) is 7.33. The van der Waals surface area contributed by atoms with E-state index in [1.54, 1.807) is 9.96 Å². The maximum absolute atomic E-state index is 12.8. The maximum Gasteiger partial charge on any atom is 0.256 e. The normalized spacial score (nSPS) is 25.7. The van der Waals surface area contributed by atoms with E-state index in [9.17, 15) is 9.90 Å². The van der Waals surface area contributed by atoms with Crippen LogP contribution in [0, 0.1) is 0 Å². The standard InChI is InChI=1S/C19H28N2O3/c1-15(2)17-7-5-16(6-8-17)13-20-10-3-9-19(23,18(20)22)14-21-11-4-12-24-21/h5-8,15,23H,3-4,9-14H2,1-2H3. The van der Waals surface area contributed by atoms with Crippen molar-refractivity contribution < 1.29 is 14.7 Å². The lowest BCUT2D eigenvalue weighted by molar-refractivity contribution is -0.182. The monoisotopic (exact) mass is 332 g/mol. The zero-order valence-electron chi connectivity index (χ0n) is 14.7. The fourth-order valence-electron chi connectivity index (χ4n) is 3.51. The van der Waals surface area contributed by atoms with Crippen LogP contribution in [0.1, 0.15) is 50.2 Å². The molecular weight excluding hydrogens is 304 g/mol. The first-order chi connectivity index (χ1) is 11.5. The largest absolute Gasteiger partial charge is 0.379 e. The molecule has 2 aliphatic heterocycles. The first-order valence-electron chi connectivity index (χ1n) is 8.96. The molecule has 0 saturated carbocycles. The van der Waals surface area contributed by atoms with E-state index in [4.69, 9.17) is 4.84 Å². The van der Waals surface area contributed by atoms with Crippen LogP contribution in [-0.2, 0) is 16.2 Å². The van der Waals surface area contributed by atoms with Crippen LogP contribution in [0.25, 0.3) is 0 Å². The van der Waals surface area contributed by atoms with E-state index in [1.807, 2.05) is 0 Å². The van der Waals surface area contributed by atoms with Crippen molar-refractivity contribution in [2.24, 2.45) is 0 Å². The number of nitrogens with zero attached hydrogens (tertiary/aromatic N) is 2. The first kappa shape index (κ1) is 17.4. The van der Waals surface area contributed by atoms with Crippen molar-refractivity contribution in [2.45, 2.75) is 51.2 Å². The summed E-state index contributed by atoms with van der Waals surface area (Å²) < 4.78 is 0. The summed E-state index contributed by atoms with van der Waals surface area (Å²) in [5.74, 6) is 0.332. The molecular formula is C19H28N2O3. The first-order valence-corrected chi connectivity index (χ1v) is 8.96. The SMILES string of the molecule is CC(C)c1ccc(CN2CCCC(O)(CN3CCCO3)C2=O)cc1. The number of hydrogen-bond donors (Lipinski definition) is 1. The van der Waals surface area contributed by atoms with E-state index in [0.717, 1.165) is 24.9 Å². The van der Waals surface area contributed by atoms with Crippen LogP contribution in [0.5, 0.6) is 0 Å². The van der Waals surface area contributed by atoms with Crippen LogP contribution in [0.3, 0.4) is 0 Å². The molecule has 1 aromatic rings. The molecule has 132 valence electrons. The number of aliphatic hydroxyl groups is 1. The molecule has 1 amide bonds. The number of piperidine rings is 1. The van der Waals surface area contributed by atoms with Gasteiger partial charge in [0.05, 0.1) is 13.2 Å². The van der Waals surface area contributed by atoms with E-state index in [2.05, 4.69) is 38.1 Å². The third-order valence-corrected chi connectivity index (χ3v) is 4.99. The molecule has 2 heterocycles. The fourth-order valence-corrected chi connectivity index (χ4v) is 3.51. The zero-order chi connectivity index (χ0) is 17.2. The van der Waals surface area contributed by atoms with Crippen molar-refractivity contribution >= 4 is 5.91 Å². The molecule has 1 unspecified atom stereocenters. The Labute approximate surface area is 144 Å². The number of carbonyl (C=O) groups excluding carboxylic acids is 1. The Balaban J connectivity index is 1.65. The van der Waals surface area contributed by atoms with E-state index < -0.39 is 5.60 Å². The third-order valence-electron chi connectivity index (χ3n) is 4.99. The predicted molar refractivity (Wildman–Crippen MR) is 92.3 cm³/mol. The Bertz CT molecular complexity index is 566. The molecule has 24 heavy (non-hydrogen) atoms. The van der Waals surface area contributed by atoms with Crippen LogP contribution < -0.4 is 0 Å². The van der Waals surface area contributed by atoms with Gasteiger partial charge in [-0.25, -0.2) is 0 Å². The number of β-amino-alcohol motifs (C(OH)–C–C–N with tert-alkyl or cyclic N) is 1. The lowest BCUT2D eigenvalue weighted by Crippen LogP contribution is -2.57. The predicted octanol–water partition coefficient (Wildman–Crippen LogP) is 2.30. The van der Waals surface area contributed by atoms with Gasteiger partial charge in [0.25, 0.3) is 5.91 Å². The number of hydrogen-bond acceptors (Lipinski definition) is 4. The fraction of sp³-hybridized carbons (Fsp3) is 0.632. The minimum Gasteiger partial charge on any atom is -0.379 e. The molecule has 0 aromatic heterocycles. The number of benzene rings is 1. The summed E-state index contributed by atoms with van der Waals surface area (Å²) in [4.78, 5) is 20.1. The Morgan fingerprint density at radius 3 is 2.58 bits per heavy atom. The number of rotatable bonds is 5. The Hall–Kier alpha value is -1.43.